The molecule has 1 N–H and O–H groups in total. The van der Waals surface area contributed by atoms with Crippen molar-refractivity contribution in [2.45, 2.75) is 45.6 Å². The summed E-state index contributed by atoms with van der Waals surface area (Å²) < 4.78 is 74.5. The highest BCUT2D eigenvalue weighted by Gasteiger charge is 2.72. The lowest BCUT2D eigenvalue weighted by Gasteiger charge is -2.33. The van der Waals surface area contributed by atoms with Crippen LogP contribution < -0.4 is 5.32 Å². The Morgan fingerprint density at radius 2 is 1.47 bits per heavy atom. The molecule has 1 atom stereocenters. The third kappa shape index (κ3) is 3.04. The normalized spacial score (nSPS) is 15.6. The Morgan fingerprint density at radius 3 is 1.71 bits per heavy atom. The molecule has 2 nitrogen and oxygen atoms in total. The lowest BCUT2D eigenvalue weighted by Crippen LogP contribution is -2.58. The molecular weight excluding hydrogens is 252 g/mol. The summed E-state index contributed by atoms with van der Waals surface area (Å²) in [4.78, 5) is 11.2. The molecule has 0 spiro atoms. The van der Waals surface area contributed by atoms with Crippen LogP contribution >= 0.6 is 0 Å². The fourth-order valence-corrected chi connectivity index (χ4v) is 0.888. The van der Waals surface area contributed by atoms with Crippen molar-refractivity contribution in [3.05, 3.63) is 0 Å². The van der Waals surface area contributed by atoms with E-state index in [4.69, 9.17) is 0 Å². The predicted octanol–water partition coefficient (Wildman–Crippen LogP) is 3.03. The van der Waals surface area contributed by atoms with Crippen LogP contribution in [0.25, 0.3) is 0 Å². The van der Waals surface area contributed by atoms with E-state index in [9.17, 15) is 31.1 Å². The highest BCUT2D eigenvalue weighted by atomic mass is 19.4. The van der Waals surface area contributed by atoms with Gasteiger partial charge in [0, 0.05) is 6.04 Å². The van der Waals surface area contributed by atoms with Crippen molar-refractivity contribution < 1.29 is 31.1 Å². The largest absolute Gasteiger partial charge is 0.411 e. The summed E-state index contributed by atoms with van der Waals surface area (Å²) in [6, 6.07) is -0.758. The van der Waals surface area contributed by atoms with Gasteiger partial charge in [-0.25, -0.2) is 0 Å². The maximum Gasteiger partial charge on any atom is 0.411 e. The van der Waals surface area contributed by atoms with Crippen molar-refractivity contribution in [1.82, 2.24) is 5.32 Å². The highest BCUT2D eigenvalue weighted by Crippen LogP contribution is 2.50. The molecule has 0 aromatic rings. The summed E-state index contributed by atoms with van der Waals surface area (Å²) in [6.07, 6.45) is -11.1. The summed E-state index contributed by atoms with van der Waals surface area (Å²) >= 11 is 0. The van der Waals surface area contributed by atoms with Gasteiger partial charge in [-0.1, -0.05) is 6.92 Å². The first-order valence-electron chi connectivity index (χ1n) is 4.82. The van der Waals surface area contributed by atoms with Crippen LogP contribution in [0.5, 0.6) is 0 Å². The smallest absolute Gasteiger partial charge is 0.353 e. The topological polar surface area (TPSA) is 29.1 Å². The van der Waals surface area contributed by atoms with Gasteiger partial charge in [0.25, 0.3) is 0 Å². The van der Waals surface area contributed by atoms with Crippen LogP contribution in [-0.2, 0) is 4.79 Å². The molecule has 102 valence electrons. The molecule has 0 bridgehead atoms. The van der Waals surface area contributed by atoms with Gasteiger partial charge in [-0.05, 0) is 20.3 Å². The van der Waals surface area contributed by atoms with Gasteiger partial charge in [0.2, 0.25) is 11.3 Å². The van der Waals surface area contributed by atoms with Crippen molar-refractivity contribution in [1.29, 1.82) is 0 Å². The number of rotatable bonds is 3. The highest BCUT2D eigenvalue weighted by molar-refractivity contribution is 5.84. The second kappa shape index (κ2) is 4.73. The minimum Gasteiger partial charge on any atom is -0.353 e. The number of hydrogen-bond donors (Lipinski definition) is 1. The minimum atomic E-state index is -5.69. The van der Waals surface area contributed by atoms with Crippen LogP contribution in [0.1, 0.15) is 27.2 Å². The van der Waals surface area contributed by atoms with E-state index < -0.39 is 29.7 Å². The number of hydrogen-bond acceptors (Lipinski definition) is 1. The van der Waals surface area contributed by atoms with Crippen LogP contribution in [0.15, 0.2) is 0 Å². The Kier molecular flexibility index (Phi) is 4.47. The maximum absolute atomic E-state index is 12.4. The van der Waals surface area contributed by atoms with Gasteiger partial charge in [0.05, 0.1) is 0 Å². The first-order chi connectivity index (χ1) is 7.38. The Bertz CT molecular complexity index is 268. The molecule has 0 saturated carbocycles. The predicted molar refractivity (Wildman–Crippen MR) is 48.1 cm³/mol. The molecule has 0 aromatic heterocycles. The molecule has 0 aliphatic heterocycles. The first-order valence-corrected chi connectivity index (χ1v) is 4.82. The van der Waals surface area contributed by atoms with Crippen LogP contribution in [-0.4, -0.2) is 24.3 Å². The molecule has 17 heavy (non-hydrogen) atoms. The molecule has 0 radical (unpaired) electrons. The summed E-state index contributed by atoms with van der Waals surface area (Å²) in [5.41, 5.74) is -4.39. The van der Waals surface area contributed by atoms with E-state index in [1.54, 1.807) is 5.32 Å². The molecule has 0 fully saturated rings. The van der Waals surface area contributed by atoms with Crippen molar-refractivity contribution in [2.24, 2.45) is 5.41 Å². The fraction of sp³-hybridized carbons (Fsp3) is 0.889. The molecule has 0 aromatic carbocycles. The van der Waals surface area contributed by atoms with E-state index in [-0.39, 0.29) is 13.3 Å². The molecule has 0 aliphatic carbocycles. The number of alkyl halides is 6. The van der Waals surface area contributed by atoms with E-state index in [1.807, 2.05) is 0 Å². The quantitative estimate of drug-likeness (QED) is 0.781. The number of amides is 1. The number of carbonyl (C=O) groups excluding carboxylic acids is 1. The summed E-state index contributed by atoms with van der Waals surface area (Å²) in [7, 11) is 0. The molecular formula is C9H13F6NO. The third-order valence-electron chi connectivity index (χ3n) is 2.58. The molecule has 0 aliphatic rings. The van der Waals surface area contributed by atoms with Gasteiger partial charge in [-0.2, -0.15) is 26.3 Å². The van der Waals surface area contributed by atoms with Crippen molar-refractivity contribution in [3.63, 3.8) is 0 Å². The molecule has 0 saturated heterocycles. The van der Waals surface area contributed by atoms with Crippen LogP contribution in [0, 0.1) is 5.41 Å². The van der Waals surface area contributed by atoms with E-state index in [0.717, 1.165) is 0 Å². The van der Waals surface area contributed by atoms with Crippen molar-refractivity contribution in [2.75, 3.05) is 0 Å². The lowest BCUT2D eigenvalue weighted by atomic mass is 9.87. The van der Waals surface area contributed by atoms with E-state index in [2.05, 4.69) is 0 Å². The van der Waals surface area contributed by atoms with Gasteiger partial charge < -0.3 is 5.32 Å². The van der Waals surface area contributed by atoms with Crippen molar-refractivity contribution in [3.8, 4) is 0 Å². The molecule has 0 heterocycles. The molecule has 1 amide bonds. The average molecular weight is 265 g/mol. The summed E-state index contributed by atoms with van der Waals surface area (Å²) in [5.74, 6) is -2.08. The molecule has 8 heteroatoms. The van der Waals surface area contributed by atoms with Crippen molar-refractivity contribution >= 4 is 5.91 Å². The maximum atomic E-state index is 12.4. The van der Waals surface area contributed by atoms with E-state index in [0.29, 0.717) is 0 Å². The van der Waals surface area contributed by atoms with Gasteiger partial charge >= 0.3 is 12.4 Å². The third-order valence-corrected chi connectivity index (χ3v) is 2.58. The Morgan fingerprint density at radius 1 is 1.12 bits per heavy atom. The zero-order valence-corrected chi connectivity index (χ0v) is 9.46. The molecule has 0 unspecified atom stereocenters. The van der Waals surface area contributed by atoms with Gasteiger partial charge in [0.15, 0.2) is 0 Å². The van der Waals surface area contributed by atoms with E-state index >= 15 is 0 Å². The lowest BCUT2D eigenvalue weighted by molar-refractivity contribution is -0.319. The zero-order valence-electron chi connectivity index (χ0n) is 9.46. The Balaban J connectivity index is 5.30. The Hall–Kier alpha value is -0.950. The Labute approximate surface area is 94.4 Å². The zero-order chi connectivity index (χ0) is 14.1. The minimum absolute atomic E-state index is 0.162. The van der Waals surface area contributed by atoms with Crippen LogP contribution in [0.2, 0.25) is 0 Å². The SMILES string of the molecule is CC[C@@H](C)NC(=O)C(C)(C(F)(F)F)C(F)(F)F. The van der Waals surface area contributed by atoms with Gasteiger partial charge in [-0.15, -0.1) is 0 Å². The number of halogens is 6. The van der Waals surface area contributed by atoms with Gasteiger partial charge in [-0.3, -0.25) is 4.79 Å². The first kappa shape index (κ1) is 16.1. The number of nitrogens with one attached hydrogen (secondary N) is 1. The number of carbonyl (C=O) groups is 1. The standard InChI is InChI=1S/C9H13F6NO/c1-4-5(2)16-6(17)7(3,8(10,11)12)9(13,14)15/h5H,4H2,1-3H3,(H,16,17)/t5-/m1/s1. The summed E-state index contributed by atoms with van der Waals surface area (Å²) in [5, 5.41) is 1.70. The monoisotopic (exact) mass is 265 g/mol. The summed E-state index contributed by atoms with van der Waals surface area (Å²) in [6.45, 7) is 2.69. The van der Waals surface area contributed by atoms with E-state index in [1.165, 1.54) is 13.8 Å². The van der Waals surface area contributed by atoms with Crippen LogP contribution in [0.4, 0.5) is 26.3 Å². The fourth-order valence-electron chi connectivity index (χ4n) is 0.888. The second-order valence-electron chi connectivity index (χ2n) is 3.90. The molecule has 0 rings (SSSR count). The average Bonchev–Trinajstić information content (AvgIpc) is 2.12. The second-order valence-corrected chi connectivity index (χ2v) is 3.90. The van der Waals surface area contributed by atoms with Crippen LogP contribution in [0.3, 0.4) is 0 Å². The van der Waals surface area contributed by atoms with Gasteiger partial charge in [0.1, 0.15) is 0 Å².